The molecule has 21 heavy (non-hydrogen) atoms. The molecule has 0 heterocycles. The monoisotopic (exact) mass is 351 g/mol. The summed E-state index contributed by atoms with van der Waals surface area (Å²) in [4.78, 5) is 22.6. The fourth-order valence-electron chi connectivity index (χ4n) is 1.64. The van der Waals surface area contributed by atoms with Crippen molar-refractivity contribution in [3.05, 3.63) is 58.3 Å². The van der Waals surface area contributed by atoms with E-state index in [2.05, 4.69) is 21.2 Å². The van der Waals surface area contributed by atoms with Gasteiger partial charge in [-0.15, -0.1) is 0 Å². The molecule has 1 amide bonds. The van der Waals surface area contributed by atoms with Crippen LogP contribution in [0.3, 0.4) is 0 Å². The number of carbonyl (C=O) groups is 2. The van der Waals surface area contributed by atoms with Crippen molar-refractivity contribution in [1.29, 1.82) is 0 Å². The molecule has 2 rings (SSSR count). The maximum absolute atomic E-state index is 13.4. The zero-order valence-corrected chi connectivity index (χ0v) is 12.4. The topological polar surface area (TPSA) is 55.4 Å². The van der Waals surface area contributed by atoms with Crippen LogP contribution < -0.4 is 10.1 Å². The summed E-state index contributed by atoms with van der Waals surface area (Å²) in [5, 5.41) is 2.39. The quantitative estimate of drug-likeness (QED) is 0.839. The molecule has 0 radical (unpaired) electrons. The van der Waals surface area contributed by atoms with E-state index >= 15 is 0 Å². The van der Waals surface area contributed by atoms with Gasteiger partial charge >= 0.3 is 0 Å². The lowest BCUT2D eigenvalue weighted by atomic mass is 10.2. The van der Waals surface area contributed by atoms with Gasteiger partial charge in [0.2, 0.25) is 0 Å². The van der Waals surface area contributed by atoms with Gasteiger partial charge < -0.3 is 10.1 Å². The van der Waals surface area contributed by atoms with Gasteiger partial charge in [0, 0.05) is 4.47 Å². The third kappa shape index (κ3) is 4.13. The SMILES string of the molecule is O=Cc1cc(Br)ccc1OCC(=O)Nc1ccccc1F. The highest BCUT2D eigenvalue weighted by molar-refractivity contribution is 9.10. The van der Waals surface area contributed by atoms with Crippen molar-refractivity contribution in [2.24, 2.45) is 0 Å². The molecule has 6 heteroatoms. The van der Waals surface area contributed by atoms with E-state index in [0.29, 0.717) is 11.8 Å². The molecule has 0 fully saturated rings. The first-order valence-electron chi connectivity index (χ1n) is 6.02. The lowest BCUT2D eigenvalue weighted by molar-refractivity contribution is -0.118. The van der Waals surface area contributed by atoms with Crippen LogP contribution in [0.2, 0.25) is 0 Å². The standard InChI is InChI=1S/C15H11BrFNO3/c16-11-5-6-14(10(7-11)8-19)21-9-15(20)18-13-4-2-1-3-12(13)17/h1-8H,9H2,(H,18,20). The fourth-order valence-corrected chi connectivity index (χ4v) is 2.01. The van der Waals surface area contributed by atoms with E-state index in [1.165, 1.54) is 18.2 Å². The summed E-state index contributed by atoms with van der Waals surface area (Å²) in [6, 6.07) is 10.7. The fraction of sp³-hybridized carbons (Fsp3) is 0.0667. The Bertz CT molecular complexity index is 676. The Morgan fingerprint density at radius 1 is 1.29 bits per heavy atom. The zero-order chi connectivity index (χ0) is 15.2. The van der Waals surface area contributed by atoms with Crippen LogP contribution >= 0.6 is 15.9 Å². The van der Waals surface area contributed by atoms with Crippen molar-refractivity contribution >= 4 is 33.8 Å². The first kappa shape index (κ1) is 15.2. The van der Waals surface area contributed by atoms with E-state index in [9.17, 15) is 14.0 Å². The molecule has 0 spiro atoms. The Balaban J connectivity index is 1.99. The van der Waals surface area contributed by atoms with Crippen LogP contribution in [0, 0.1) is 5.82 Å². The van der Waals surface area contributed by atoms with E-state index in [0.717, 1.165) is 4.47 Å². The Hall–Kier alpha value is -2.21. The van der Waals surface area contributed by atoms with Crippen LogP contribution in [-0.2, 0) is 4.79 Å². The molecule has 0 unspecified atom stereocenters. The second-order valence-electron chi connectivity index (χ2n) is 4.12. The van der Waals surface area contributed by atoms with Crippen molar-refractivity contribution in [2.45, 2.75) is 0 Å². The molecule has 2 aromatic carbocycles. The smallest absolute Gasteiger partial charge is 0.262 e. The van der Waals surface area contributed by atoms with Gasteiger partial charge in [0.1, 0.15) is 11.6 Å². The number of para-hydroxylation sites is 1. The largest absolute Gasteiger partial charge is 0.483 e. The molecule has 1 N–H and O–H groups in total. The minimum absolute atomic E-state index is 0.0810. The van der Waals surface area contributed by atoms with Gasteiger partial charge in [-0.3, -0.25) is 9.59 Å². The maximum atomic E-state index is 13.4. The molecular formula is C15H11BrFNO3. The van der Waals surface area contributed by atoms with Gasteiger partial charge in [-0.1, -0.05) is 28.1 Å². The highest BCUT2D eigenvalue weighted by Gasteiger charge is 2.09. The van der Waals surface area contributed by atoms with Crippen molar-refractivity contribution in [2.75, 3.05) is 11.9 Å². The van der Waals surface area contributed by atoms with Crippen LogP contribution in [0.4, 0.5) is 10.1 Å². The second kappa shape index (κ2) is 6.99. The molecule has 108 valence electrons. The Labute approximate surface area is 129 Å². The molecule has 0 aliphatic carbocycles. The number of rotatable bonds is 5. The summed E-state index contributed by atoms with van der Waals surface area (Å²) in [7, 11) is 0. The number of amides is 1. The Kier molecular flexibility index (Phi) is 5.05. The molecule has 0 aliphatic rings. The minimum Gasteiger partial charge on any atom is -0.483 e. The Morgan fingerprint density at radius 2 is 2.05 bits per heavy atom. The van der Waals surface area contributed by atoms with Crippen LogP contribution in [0.1, 0.15) is 10.4 Å². The van der Waals surface area contributed by atoms with Crippen molar-refractivity contribution in [3.63, 3.8) is 0 Å². The number of carbonyl (C=O) groups excluding carboxylic acids is 2. The van der Waals surface area contributed by atoms with E-state index in [-0.39, 0.29) is 18.0 Å². The highest BCUT2D eigenvalue weighted by atomic mass is 79.9. The zero-order valence-electron chi connectivity index (χ0n) is 10.8. The number of halogens is 2. The lowest BCUT2D eigenvalue weighted by Crippen LogP contribution is -2.21. The Morgan fingerprint density at radius 3 is 2.76 bits per heavy atom. The molecule has 0 atom stereocenters. The number of ether oxygens (including phenoxy) is 1. The summed E-state index contributed by atoms with van der Waals surface area (Å²) < 4.78 is 19.4. The van der Waals surface area contributed by atoms with E-state index < -0.39 is 11.7 Å². The predicted molar refractivity (Wildman–Crippen MR) is 80.1 cm³/mol. The van der Waals surface area contributed by atoms with Crippen LogP contribution in [0.25, 0.3) is 0 Å². The average Bonchev–Trinajstić information content (AvgIpc) is 2.48. The minimum atomic E-state index is -0.525. The van der Waals surface area contributed by atoms with Crippen LogP contribution in [-0.4, -0.2) is 18.8 Å². The van der Waals surface area contributed by atoms with E-state index in [4.69, 9.17) is 4.74 Å². The third-order valence-corrected chi connectivity index (χ3v) is 3.10. The molecule has 0 saturated heterocycles. The number of nitrogens with one attached hydrogen (secondary N) is 1. The number of benzene rings is 2. The van der Waals surface area contributed by atoms with Crippen molar-refractivity contribution in [1.82, 2.24) is 0 Å². The first-order valence-corrected chi connectivity index (χ1v) is 6.81. The summed E-state index contributed by atoms with van der Waals surface area (Å²) >= 11 is 3.23. The molecular weight excluding hydrogens is 341 g/mol. The van der Waals surface area contributed by atoms with Gasteiger partial charge in [-0.05, 0) is 30.3 Å². The van der Waals surface area contributed by atoms with Crippen LogP contribution in [0.5, 0.6) is 5.75 Å². The summed E-state index contributed by atoms with van der Waals surface area (Å²) in [6.45, 7) is -0.323. The van der Waals surface area contributed by atoms with Gasteiger partial charge in [-0.25, -0.2) is 4.39 Å². The van der Waals surface area contributed by atoms with E-state index in [1.54, 1.807) is 24.3 Å². The van der Waals surface area contributed by atoms with Crippen molar-refractivity contribution in [3.8, 4) is 5.75 Å². The van der Waals surface area contributed by atoms with Gasteiger partial charge in [0.15, 0.2) is 12.9 Å². The van der Waals surface area contributed by atoms with Crippen LogP contribution in [0.15, 0.2) is 46.9 Å². The average molecular weight is 352 g/mol. The molecule has 0 aromatic heterocycles. The van der Waals surface area contributed by atoms with Gasteiger partial charge in [0.05, 0.1) is 11.3 Å². The molecule has 4 nitrogen and oxygen atoms in total. The normalized spacial score (nSPS) is 10.0. The maximum Gasteiger partial charge on any atom is 0.262 e. The molecule has 2 aromatic rings. The molecule has 0 saturated carbocycles. The summed E-state index contributed by atoms with van der Waals surface area (Å²) in [5.74, 6) is -0.750. The number of aldehydes is 1. The van der Waals surface area contributed by atoms with Gasteiger partial charge in [-0.2, -0.15) is 0 Å². The summed E-state index contributed by atoms with van der Waals surface area (Å²) in [5.41, 5.74) is 0.403. The van der Waals surface area contributed by atoms with Gasteiger partial charge in [0.25, 0.3) is 5.91 Å². The van der Waals surface area contributed by atoms with E-state index in [1.807, 2.05) is 0 Å². The predicted octanol–water partition coefficient (Wildman–Crippen LogP) is 3.42. The second-order valence-corrected chi connectivity index (χ2v) is 5.03. The molecule has 0 aliphatic heterocycles. The first-order chi connectivity index (χ1) is 10.1. The number of hydrogen-bond acceptors (Lipinski definition) is 3. The number of anilines is 1. The number of hydrogen-bond donors (Lipinski definition) is 1. The summed E-state index contributed by atoms with van der Waals surface area (Å²) in [6.07, 6.45) is 0.634. The third-order valence-electron chi connectivity index (χ3n) is 2.61. The highest BCUT2D eigenvalue weighted by Crippen LogP contribution is 2.21. The lowest BCUT2D eigenvalue weighted by Gasteiger charge is -2.09. The molecule has 0 bridgehead atoms. The van der Waals surface area contributed by atoms with Crippen molar-refractivity contribution < 1.29 is 18.7 Å².